The van der Waals surface area contributed by atoms with Crippen LogP contribution in [0.1, 0.15) is 5.76 Å². The lowest BCUT2D eigenvalue weighted by molar-refractivity contribution is 0.414. The van der Waals surface area contributed by atoms with Crippen molar-refractivity contribution in [1.82, 2.24) is 0 Å². The molecule has 80 valence electrons. The Balaban J connectivity index is 2.51. The molecule has 4 heteroatoms. The van der Waals surface area contributed by atoms with E-state index in [1.807, 2.05) is 24.3 Å². The molecule has 1 heterocycles. The van der Waals surface area contributed by atoms with Gasteiger partial charge in [0, 0.05) is 4.47 Å². The van der Waals surface area contributed by atoms with Crippen molar-refractivity contribution in [2.24, 2.45) is 0 Å². The number of benzene rings is 1. The van der Waals surface area contributed by atoms with Crippen molar-refractivity contribution in [3.8, 4) is 23.1 Å². The van der Waals surface area contributed by atoms with E-state index in [2.05, 4.69) is 15.9 Å². The SMILES string of the molecule is COc1cc(Br)ccc1-c1ccc(C#N)o1. The van der Waals surface area contributed by atoms with Gasteiger partial charge in [-0.1, -0.05) is 15.9 Å². The first-order chi connectivity index (χ1) is 7.74. The molecule has 1 aromatic carbocycles. The van der Waals surface area contributed by atoms with Gasteiger partial charge in [-0.25, -0.2) is 0 Å². The summed E-state index contributed by atoms with van der Waals surface area (Å²) in [5, 5.41) is 8.69. The molecule has 0 N–H and O–H groups in total. The maximum atomic E-state index is 8.69. The van der Waals surface area contributed by atoms with Gasteiger partial charge in [0.05, 0.1) is 12.7 Å². The second-order valence-corrected chi connectivity index (χ2v) is 4.04. The monoisotopic (exact) mass is 277 g/mol. The molecule has 3 nitrogen and oxygen atoms in total. The molecule has 0 aliphatic rings. The minimum absolute atomic E-state index is 0.292. The van der Waals surface area contributed by atoms with E-state index in [4.69, 9.17) is 14.4 Å². The molecule has 0 bridgehead atoms. The Morgan fingerprint density at radius 2 is 2.12 bits per heavy atom. The summed E-state index contributed by atoms with van der Waals surface area (Å²) in [6.07, 6.45) is 0. The molecule has 0 amide bonds. The molecule has 0 saturated carbocycles. The normalized spacial score (nSPS) is 9.81. The standard InChI is InChI=1S/C12H8BrNO2/c1-15-12-6-8(13)2-4-10(12)11-5-3-9(7-14)16-11/h2-6H,1H3. The summed E-state index contributed by atoms with van der Waals surface area (Å²) in [6, 6.07) is 11.0. The summed E-state index contributed by atoms with van der Waals surface area (Å²) in [5.41, 5.74) is 0.826. The molecule has 2 rings (SSSR count). The van der Waals surface area contributed by atoms with Crippen molar-refractivity contribution in [2.45, 2.75) is 0 Å². The molecule has 1 aromatic heterocycles. The number of ether oxygens (including phenoxy) is 1. The summed E-state index contributed by atoms with van der Waals surface area (Å²) >= 11 is 3.37. The lowest BCUT2D eigenvalue weighted by Gasteiger charge is -2.06. The summed E-state index contributed by atoms with van der Waals surface area (Å²) < 4.78 is 11.5. The van der Waals surface area contributed by atoms with Gasteiger partial charge in [-0.15, -0.1) is 0 Å². The number of nitriles is 1. The van der Waals surface area contributed by atoms with Crippen LogP contribution in [-0.2, 0) is 0 Å². The van der Waals surface area contributed by atoms with Crippen molar-refractivity contribution in [1.29, 1.82) is 5.26 Å². The van der Waals surface area contributed by atoms with Crippen molar-refractivity contribution >= 4 is 15.9 Å². The molecule has 0 unspecified atom stereocenters. The highest BCUT2D eigenvalue weighted by Gasteiger charge is 2.10. The maximum Gasteiger partial charge on any atom is 0.204 e. The van der Waals surface area contributed by atoms with Gasteiger partial charge in [-0.2, -0.15) is 5.26 Å². The van der Waals surface area contributed by atoms with Gasteiger partial charge in [0.2, 0.25) is 5.76 Å². The highest BCUT2D eigenvalue weighted by Crippen LogP contribution is 2.33. The van der Waals surface area contributed by atoms with Crippen molar-refractivity contribution in [2.75, 3.05) is 7.11 Å². The van der Waals surface area contributed by atoms with Gasteiger partial charge in [-0.05, 0) is 30.3 Å². The van der Waals surface area contributed by atoms with Gasteiger partial charge < -0.3 is 9.15 Å². The van der Waals surface area contributed by atoms with E-state index in [-0.39, 0.29) is 0 Å². The lowest BCUT2D eigenvalue weighted by atomic mass is 10.1. The number of nitrogens with zero attached hydrogens (tertiary/aromatic N) is 1. The molecule has 0 fully saturated rings. The third-order valence-corrected chi connectivity index (χ3v) is 2.64. The van der Waals surface area contributed by atoms with E-state index in [1.165, 1.54) is 0 Å². The molecule has 16 heavy (non-hydrogen) atoms. The van der Waals surface area contributed by atoms with Crippen LogP contribution in [0.15, 0.2) is 39.2 Å². The van der Waals surface area contributed by atoms with Crippen LogP contribution in [-0.4, -0.2) is 7.11 Å². The fourth-order valence-corrected chi connectivity index (χ4v) is 1.75. The number of hydrogen-bond donors (Lipinski definition) is 0. The Kier molecular flexibility index (Phi) is 2.97. The molecule has 0 saturated heterocycles. The van der Waals surface area contributed by atoms with Gasteiger partial charge in [0.15, 0.2) is 0 Å². The Hall–Kier alpha value is -1.73. The maximum absolute atomic E-state index is 8.69. The van der Waals surface area contributed by atoms with E-state index >= 15 is 0 Å². The van der Waals surface area contributed by atoms with Gasteiger partial charge in [0.25, 0.3) is 0 Å². The molecule has 2 aromatic rings. The van der Waals surface area contributed by atoms with Gasteiger partial charge >= 0.3 is 0 Å². The summed E-state index contributed by atoms with van der Waals surface area (Å²) in [6.45, 7) is 0. The van der Waals surface area contributed by atoms with Crippen LogP contribution in [0.3, 0.4) is 0 Å². The summed E-state index contributed by atoms with van der Waals surface area (Å²) in [7, 11) is 1.60. The molecule has 0 aliphatic heterocycles. The molecular weight excluding hydrogens is 270 g/mol. The number of rotatable bonds is 2. The highest BCUT2D eigenvalue weighted by atomic mass is 79.9. The van der Waals surface area contributed by atoms with Crippen LogP contribution in [0.2, 0.25) is 0 Å². The summed E-state index contributed by atoms with van der Waals surface area (Å²) in [5.74, 6) is 1.62. The highest BCUT2D eigenvalue weighted by molar-refractivity contribution is 9.10. The fourth-order valence-electron chi connectivity index (χ4n) is 1.41. The van der Waals surface area contributed by atoms with Crippen LogP contribution in [0, 0.1) is 11.3 Å². The van der Waals surface area contributed by atoms with E-state index in [1.54, 1.807) is 19.2 Å². The quantitative estimate of drug-likeness (QED) is 0.843. The largest absolute Gasteiger partial charge is 0.496 e. The van der Waals surface area contributed by atoms with Crippen LogP contribution in [0.5, 0.6) is 5.75 Å². The smallest absolute Gasteiger partial charge is 0.204 e. The number of methoxy groups -OCH3 is 1. The predicted molar refractivity (Wildman–Crippen MR) is 63.1 cm³/mol. The van der Waals surface area contributed by atoms with Crippen LogP contribution >= 0.6 is 15.9 Å². The third kappa shape index (κ3) is 1.95. The van der Waals surface area contributed by atoms with E-state index in [9.17, 15) is 0 Å². The third-order valence-electron chi connectivity index (χ3n) is 2.15. The second-order valence-electron chi connectivity index (χ2n) is 3.12. The van der Waals surface area contributed by atoms with Crippen molar-refractivity contribution in [3.63, 3.8) is 0 Å². The average molecular weight is 278 g/mol. The minimum atomic E-state index is 0.292. The zero-order valence-electron chi connectivity index (χ0n) is 8.53. The van der Waals surface area contributed by atoms with Gasteiger partial charge in [0.1, 0.15) is 17.6 Å². The van der Waals surface area contributed by atoms with E-state index in [0.29, 0.717) is 17.3 Å². The minimum Gasteiger partial charge on any atom is -0.496 e. The zero-order valence-corrected chi connectivity index (χ0v) is 10.1. The predicted octanol–water partition coefficient (Wildman–Crippen LogP) is 3.59. The Morgan fingerprint density at radius 1 is 1.31 bits per heavy atom. The Labute approximate surface area is 101 Å². The van der Waals surface area contributed by atoms with E-state index < -0.39 is 0 Å². The molecule has 0 spiro atoms. The second kappa shape index (κ2) is 4.42. The molecular formula is C12H8BrNO2. The molecule has 0 aliphatic carbocycles. The first-order valence-corrected chi connectivity index (χ1v) is 5.37. The number of hydrogen-bond acceptors (Lipinski definition) is 3. The fraction of sp³-hybridized carbons (Fsp3) is 0.0833. The van der Waals surface area contributed by atoms with Crippen LogP contribution in [0.25, 0.3) is 11.3 Å². The average Bonchev–Trinajstić information content (AvgIpc) is 2.77. The van der Waals surface area contributed by atoms with E-state index in [0.717, 1.165) is 10.0 Å². The molecule has 0 atom stereocenters. The van der Waals surface area contributed by atoms with Crippen LogP contribution in [0.4, 0.5) is 0 Å². The number of halogens is 1. The van der Waals surface area contributed by atoms with Gasteiger partial charge in [-0.3, -0.25) is 0 Å². The summed E-state index contributed by atoms with van der Waals surface area (Å²) in [4.78, 5) is 0. The van der Waals surface area contributed by atoms with Crippen molar-refractivity contribution < 1.29 is 9.15 Å². The number of furan rings is 1. The zero-order chi connectivity index (χ0) is 11.5. The Morgan fingerprint density at radius 3 is 2.75 bits per heavy atom. The first-order valence-electron chi connectivity index (χ1n) is 4.58. The topological polar surface area (TPSA) is 46.2 Å². The first kappa shape index (κ1) is 10.8. The van der Waals surface area contributed by atoms with Crippen LogP contribution < -0.4 is 4.74 Å². The molecule has 0 radical (unpaired) electrons. The Bertz CT molecular complexity index is 554. The van der Waals surface area contributed by atoms with Crippen molar-refractivity contribution in [3.05, 3.63) is 40.6 Å². The lowest BCUT2D eigenvalue weighted by Crippen LogP contribution is -1.86.